The number of aromatic nitrogens is 2. The van der Waals surface area contributed by atoms with Crippen molar-refractivity contribution in [2.45, 2.75) is 19.1 Å². The number of imide groups is 1. The summed E-state index contributed by atoms with van der Waals surface area (Å²) in [5, 5.41) is 20.3. The fraction of sp³-hybridized carbons (Fsp3) is 0.235. The Bertz CT molecular complexity index is 1090. The maximum Gasteiger partial charge on any atom is 0.394 e. The minimum Gasteiger partial charge on any atom is -0.478 e. The molecule has 1 atom stereocenters. The Morgan fingerprint density at radius 2 is 1.80 bits per heavy atom. The van der Waals surface area contributed by atoms with E-state index in [-0.39, 0.29) is 41.5 Å². The van der Waals surface area contributed by atoms with Crippen molar-refractivity contribution in [2.75, 3.05) is 11.9 Å². The predicted octanol–water partition coefficient (Wildman–Crippen LogP) is -0.00310. The van der Waals surface area contributed by atoms with Gasteiger partial charge in [-0.15, -0.1) is 11.3 Å². The Morgan fingerprint density at radius 3 is 2.37 bits per heavy atom. The molecule has 2 aromatic heterocycles. The van der Waals surface area contributed by atoms with Gasteiger partial charge in [-0.25, -0.2) is 19.6 Å². The summed E-state index contributed by atoms with van der Waals surface area (Å²) in [6.45, 7) is -0.158. The molecular formula is C17H12N4O8S. The zero-order valence-corrected chi connectivity index (χ0v) is 15.8. The zero-order chi connectivity index (χ0) is 21.6. The lowest BCUT2D eigenvalue weighted by Gasteiger charge is -2.26. The van der Waals surface area contributed by atoms with E-state index in [0.29, 0.717) is 10.4 Å². The SMILES string of the molecule is O=C(O)C(=O)Nc1sc2c(c1C(=O)O)CC(CN1C(=O)c3nccnc3C1=O)OC2. The molecule has 0 aliphatic carbocycles. The lowest BCUT2D eigenvalue weighted by Crippen LogP contribution is -2.40. The Morgan fingerprint density at radius 1 is 1.17 bits per heavy atom. The van der Waals surface area contributed by atoms with Crippen LogP contribution >= 0.6 is 11.3 Å². The summed E-state index contributed by atoms with van der Waals surface area (Å²) < 4.78 is 5.66. The Labute approximate surface area is 171 Å². The predicted molar refractivity (Wildman–Crippen MR) is 97.2 cm³/mol. The van der Waals surface area contributed by atoms with Gasteiger partial charge in [0, 0.05) is 23.7 Å². The smallest absolute Gasteiger partial charge is 0.394 e. The minimum absolute atomic E-state index is 0.0203. The lowest BCUT2D eigenvalue weighted by atomic mass is 10.0. The van der Waals surface area contributed by atoms with Crippen molar-refractivity contribution >= 4 is 46.0 Å². The third kappa shape index (κ3) is 3.19. The van der Waals surface area contributed by atoms with Gasteiger partial charge in [0.25, 0.3) is 11.8 Å². The summed E-state index contributed by atoms with van der Waals surface area (Å²) in [4.78, 5) is 68.0. The largest absolute Gasteiger partial charge is 0.478 e. The van der Waals surface area contributed by atoms with Crippen LogP contribution in [0.15, 0.2) is 12.4 Å². The molecule has 0 aromatic carbocycles. The van der Waals surface area contributed by atoms with Gasteiger partial charge in [0.15, 0.2) is 11.4 Å². The highest BCUT2D eigenvalue weighted by Gasteiger charge is 2.40. The highest BCUT2D eigenvalue weighted by Crippen LogP contribution is 2.38. The van der Waals surface area contributed by atoms with Crippen LogP contribution in [0, 0.1) is 0 Å². The lowest BCUT2D eigenvalue weighted by molar-refractivity contribution is -0.147. The van der Waals surface area contributed by atoms with Gasteiger partial charge in [-0.3, -0.25) is 19.3 Å². The van der Waals surface area contributed by atoms with Crippen molar-refractivity contribution in [3.05, 3.63) is 39.8 Å². The van der Waals surface area contributed by atoms with Crippen LogP contribution in [0.2, 0.25) is 0 Å². The fourth-order valence-electron chi connectivity index (χ4n) is 3.28. The first-order valence-electron chi connectivity index (χ1n) is 8.48. The standard InChI is InChI=1S/C17H12N4O8S/c22-12(17(27)28)20-13-9(16(25)26)7-3-6(29-5-8(7)30-13)4-21-14(23)10-11(15(21)24)19-2-1-18-10/h1-2,6H,3-5H2,(H,20,22)(H,25,26)(H,27,28). The normalized spacial score (nSPS) is 17.5. The monoisotopic (exact) mass is 432 g/mol. The summed E-state index contributed by atoms with van der Waals surface area (Å²) in [5.74, 6) is -5.69. The number of anilines is 1. The molecule has 2 aliphatic rings. The van der Waals surface area contributed by atoms with E-state index in [9.17, 15) is 29.1 Å². The molecule has 0 radical (unpaired) electrons. The van der Waals surface area contributed by atoms with Gasteiger partial charge in [-0.05, 0) is 5.56 Å². The van der Waals surface area contributed by atoms with Crippen LogP contribution in [0.3, 0.4) is 0 Å². The van der Waals surface area contributed by atoms with Crippen LogP contribution in [0.4, 0.5) is 5.00 Å². The highest BCUT2D eigenvalue weighted by atomic mass is 32.1. The molecule has 13 heteroatoms. The number of carbonyl (C=O) groups excluding carboxylic acids is 3. The molecular weight excluding hydrogens is 420 g/mol. The molecule has 0 saturated heterocycles. The van der Waals surface area contributed by atoms with Gasteiger partial charge in [-0.2, -0.15) is 0 Å². The Kier molecular flexibility index (Phi) is 4.75. The number of carboxylic acids is 2. The first-order valence-corrected chi connectivity index (χ1v) is 9.30. The Balaban J connectivity index is 1.57. The van der Waals surface area contributed by atoms with Gasteiger partial charge in [0.05, 0.1) is 24.8 Å². The second-order valence-electron chi connectivity index (χ2n) is 6.38. The number of thiophene rings is 1. The first kappa shape index (κ1) is 19.6. The van der Waals surface area contributed by atoms with E-state index in [1.165, 1.54) is 12.4 Å². The van der Waals surface area contributed by atoms with Crippen molar-refractivity contribution in [3.63, 3.8) is 0 Å². The first-order chi connectivity index (χ1) is 14.3. The number of aliphatic carboxylic acids is 1. The molecule has 2 aromatic rings. The number of fused-ring (bicyclic) bond motifs is 2. The molecule has 3 N–H and O–H groups in total. The van der Waals surface area contributed by atoms with E-state index in [1.807, 2.05) is 0 Å². The minimum atomic E-state index is -1.75. The summed E-state index contributed by atoms with van der Waals surface area (Å²) in [5.41, 5.74) is 0.0137. The molecule has 154 valence electrons. The second kappa shape index (κ2) is 7.27. The molecule has 4 rings (SSSR count). The fourth-order valence-corrected chi connectivity index (χ4v) is 4.42. The number of hydrogen-bond acceptors (Lipinski definition) is 9. The van der Waals surface area contributed by atoms with Crippen LogP contribution in [0.1, 0.15) is 41.8 Å². The van der Waals surface area contributed by atoms with E-state index in [1.54, 1.807) is 0 Å². The summed E-state index contributed by atoms with van der Waals surface area (Å²) >= 11 is 0.903. The number of carbonyl (C=O) groups is 5. The molecule has 1 unspecified atom stereocenters. The van der Waals surface area contributed by atoms with Gasteiger partial charge < -0.3 is 20.3 Å². The van der Waals surface area contributed by atoms with E-state index < -0.39 is 35.8 Å². The molecule has 4 heterocycles. The van der Waals surface area contributed by atoms with E-state index in [2.05, 4.69) is 15.3 Å². The maximum absolute atomic E-state index is 12.4. The maximum atomic E-state index is 12.4. The van der Waals surface area contributed by atoms with Crippen molar-refractivity contribution in [1.29, 1.82) is 0 Å². The van der Waals surface area contributed by atoms with Crippen molar-refractivity contribution in [1.82, 2.24) is 14.9 Å². The van der Waals surface area contributed by atoms with Crippen molar-refractivity contribution in [3.8, 4) is 0 Å². The molecule has 0 spiro atoms. The summed E-state index contributed by atoms with van der Waals surface area (Å²) in [6.07, 6.45) is 1.95. The third-order valence-corrected chi connectivity index (χ3v) is 5.71. The number of amides is 3. The molecule has 0 bridgehead atoms. The molecule has 0 saturated carbocycles. The number of hydrogen-bond donors (Lipinski definition) is 3. The average molecular weight is 432 g/mol. The number of ether oxygens (including phenoxy) is 1. The zero-order valence-electron chi connectivity index (χ0n) is 14.9. The van der Waals surface area contributed by atoms with Crippen LogP contribution in [-0.4, -0.2) is 67.4 Å². The van der Waals surface area contributed by atoms with Gasteiger partial charge >= 0.3 is 17.8 Å². The van der Waals surface area contributed by atoms with Crippen molar-refractivity contribution in [2.24, 2.45) is 0 Å². The van der Waals surface area contributed by atoms with E-state index in [4.69, 9.17) is 9.84 Å². The molecule has 0 fully saturated rings. The molecule has 3 amide bonds. The quantitative estimate of drug-likeness (QED) is 0.440. The van der Waals surface area contributed by atoms with Gasteiger partial charge in [0.2, 0.25) is 0 Å². The average Bonchev–Trinajstić information content (AvgIpc) is 3.18. The van der Waals surface area contributed by atoms with E-state index >= 15 is 0 Å². The summed E-state index contributed by atoms with van der Waals surface area (Å²) in [7, 11) is 0. The number of carboxylic acid groups (broad SMARTS) is 2. The highest BCUT2D eigenvalue weighted by molar-refractivity contribution is 7.17. The van der Waals surface area contributed by atoms with Crippen LogP contribution in [0.25, 0.3) is 0 Å². The molecule has 2 aliphatic heterocycles. The summed E-state index contributed by atoms with van der Waals surface area (Å²) in [6, 6.07) is 0. The van der Waals surface area contributed by atoms with Gasteiger partial charge in [-0.1, -0.05) is 0 Å². The topological polar surface area (TPSA) is 176 Å². The van der Waals surface area contributed by atoms with Crippen molar-refractivity contribution < 1.29 is 38.9 Å². The van der Waals surface area contributed by atoms with Crippen LogP contribution < -0.4 is 5.32 Å². The molecule has 12 nitrogen and oxygen atoms in total. The molecule has 30 heavy (non-hydrogen) atoms. The van der Waals surface area contributed by atoms with Crippen LogP contribution in [-0.2, 0) is 27.4 Å². The Hall–Kier alpha value is -3.71. The van der Waals surface area contributed by atoms with Crippen LogP contribution in [0.5, 0.6) is 0 Å². The third-order valence-electron chi connectivity index (χ3n) is 4.59. The number of aromatic carboxylic acids is 1. The number of rotatable bonds is 4. The second-order valence-corrected chi connectivity index (χ2v) is 7.49. The van der Waals surface area contributed by atoms with E-state index in [0.717, 1.165) is 16.2 Å². The number of nitrogens with zero attached hydrogens (tertiary/aromatic N) is 3. The van der Waals surface area contributed by atoms with Gasteiger partial charge in [0.1, 0.15) is 5.00 Å². The number of nitrogens with one attached hydrogen (secondary N) is 1.